The van der Waals surface area contributed by atoms with Crippen molar-refractivity contribution < 1.29 is 48.1 Å². The van der Waals surface area contributed by atoms with Gasteiger partial charge < -0.3 is 24.6 Å². The maximum atomic E-state index is 13.1. The van der Waals surface area contributed by atoms with Gasteiger partial charge in [0.25, 0.3) is 0 Å². The second-order valence-electron chi connectivity index (χ2n) is 12.0. The highest BCUT2D eigenvalue weighted by Crippen LogP contribution is 2.19. The Labute approximate surface area is 219 Å². The Morgan fingerprint density at radius 3 is 1.41 bits per heavy atom. The van der Waals surface area contributed by atoms with Crippen LogP contribution in [-0.4, -0.2) is 63.5 Å². The molecule has 0 bridgehead atoms. The third-order valence-electron chi connectivity index (χ3n) is 4.47. The Bertz CT molecular complexity index is 858. The lowest BCUT2D eigenvalue weighted by atomic mass is 9.93. The molecule has 37 heavy (non-hydrogen) atoms. The predicted molar refractivity (Wildman–Crippen MR) is 133 cm³/mol. The molecule has 0 aromatic rings. The van der Waals surface area contributed by atoms with E-state index in [2.05, 4.69) is 5.32 Å². The number of Topliss-reactive ketones (excluding diaryl/α,β-unsaturated/α-hetero) is 1. The van der Waals surface area contributed by atoms with Gasteiger partial charge >= 0.3 is 23.9 Å². The Morgan fingerprint density at radius 1 is 0.649 bits per heavy atom. The Kier molecular flexibility index (Phi) is 12.4. The fourth-order valence-electron chi connectivity index (χ4n) is 3.05. The van der Waals surface area contributed by atoms with Gasteiger partial charge in [0.1, 0.15) is 16.8 Å². The third-order valence-corrected chi connectivity index (χ3v) is 4.47. The molecule has 2 N–H and O–H groups in total. The number of rotatable bonds is 12. The number of ketones is 1. The molecule has 0 aliphatic carbocycles. The maximum absolute atomic E-state index is 13.1. The average Bonchev–Trinajstić information content (AvgIpc) is 2.61. The molecule has 212 valence electrons. The maximum Gasteiger partial charge on any atom is 0.308 e. The van der Waals surface area contributed by atoms with E-state index in [0.717, 1.165) is 0 Å². The molecule has 0 aliphatic rings. The number of carbonyl (C=O) groups excluding carboxylic acids is 5. The predicted octanol–water partition coefficient (Wildman–Crippen LogP) is 2.96. The van der Waals surface area contributed by atoms with Gasteiger partial charge in [0.2, 0.25) is 5.91 Å². The normalized spacial score (nSPS) is 14.5. The van der Waals surface area contributed by atoms with E-state index in [9.17, 15) is 33.9 Å². The van der Waals surface area contributed by atoms with E-state index in [1.807, 2.05) is 0 Å². The number of esters is 3. The quantitative estimate of drug-likeness (QED) is 0.284. The number of carboxylic acids is 1. The molecule has 0 unspecified atom stereocenters. The average molecular weight is 530 g/mol. The van der Waals surface area contributed by atoms with E-state index in [1.165, 1.54) is 6.92 Å². The monoisotopic (exact) mass is 529 g/mol. The summed E-state index contributed by atoms with van der Waals surface area (Å²) in [4.78, 5) is 74.2. The number of hydrogen-bond donors (Lipinski definition) is 2. The van der Waals surface area contributed by atoms with Gasteiger partial charge in [0, 0.05) is 12.3 Å². The SMILES string of the molecule is C[C@@H](CC(=O)OC(C)(C)C)C(=O)N[C@@H](CC(=O)OC(C)(C)C)C(=O)C[C@@H](CC(=O)OC(C)(C)C)C(=O)O. The van der Waals surface area contributed by atoms with Crippen LogP contribution < -0.4 is 5.32 Å². The first-order valence-electron chi connectivity index (χ1n) is 12.2. The molecule has 0 spiro atoms. The van der Waals surface area contributed by atoms with Crippen molar-refractivity contribution in [1.29, 1.82) is 0 Å². The van der Waals surface area contributed by atoms with E-state index >= 15 is 0 Å². The Morgan fingerprint density at radius 2 is 1.03 bits per heavy atom. The molecular formula is C26H43NO10. The smallest absolute Gasteiger partial charge is 0.308 e. The number of carbonyl (C=O) groups is 6. The molecule has 0 aromatic heterocycles. The molecule has 1 amide bonds. The summed E-state index contributed by atoms with van der Waals surface area (Å²) >= 11 is 0. The lowest BCUT2D eigenvalue weighted by Gasteiger charge is -2.25. The fourth-order valence-corrected chi connectivity index (χ4v) is 3.05. The van der Waals surface area contributed by atoms with Crippen LogP contribution in [0.3, 0.4) is 0 Å². The molecule has 3 atom stereocenters. The van der Waals surface area contributed by atoms with Crippen LogP contribution in [-0.2, 0) is 43.0 Å². The first kappa shape index (κ1) is 34.0. The second kappa shape index (κ2) is 13.5. The van der Waals surface area contributed by atoms with Gasteiger partial charge in [-0.1, -0.05) is 6.92 Å². The highest BCUT2D eigenvalue weighted by Gasteiger charge is 2.34. The number of amides is 1. The summed E-state index contributed by atoms with van der Waals surface area (Å²) in [6.45, 7) is 16.3. The molecular weight excluding hydrogens is 486 g/mol. The standard InChI is InChI=1S/C26H43NO10/c1-15(11-19(29)35-24(2,3)4)22(32)27-17(14-21(31)37-26(8,9)10)18(28)12-16(23(33)34)13-20(30)36-25(5,6)7/h15-17H,11-14H2,1-10H3,(H,27,32)(H,33,34)/t15-,16-,17-/m0/s1. The van der Waals surface area contributed by atoms with Gasteiger partial charge in [-0.3, -0.25) is 28.8 Å². The lowest BCUT2D eigenvalue weighted by Crippen LogP contribution is -2.46. The van der Waals surface area contributed by atoms with Crippen LogP contribution >= 0.6 is 0 Å². The molecule has 0 aromatic carbocycles. The highest BCUT2D eigenvalue weighted by molar-refractivity contribution is 5.95. The molecule has 0 rings (SSSR count). The molecule has 0 heterocycles. The van der Waals surface area contributed by atoms with Gasteiger partial charge in [-0.25, -0.2) is 0 Å². The Hall–Kier alpha value is -2.98. The molecule has 11 heteroatoms. The van der Waals surface area contributed by atoms with Crippen molar-refractivity contribution in [2.24, 2.45) is 11.8 Å². The lowest BCUT2D eigenvalue weighted by molar-refractivity contribution is -0.161. The zero-order chi connectivity index (χ0) is 29.4. The number of carboxylic acid groups (broad SMARTS) is 1. The summed E-state index contributed by atoms with van der Waals surface area (Å²) in [5.74, 6) is -7.42. The van der Waals surface area contributed by atoms with Crippen molar-refractivity contribution in [3.05, 3.63) is 0 Å². The van der Waals surface area contributed by atoms with E-state index in [1.54, 1.807) is 62.3 Å². The van der Waals surface area contributed by atoms with Gasteiger partial charge in [0.15, 0.2) is 5.78 Å². The van der Waals surface area contributed by atoms with Crippen LogP contribution in [0.1, 0.15) is 94.9 Å². The van der Waals surface area contributed by atoms with Crippen LogP contribution in [0.2, 0.25) is 0 Å². The summed E-state index contributed by atoms with van der Waals surface area (Å²) in [6, 6.07) is -1.43. The second-order valence-corrected chi connectivity index (χ2v) is 12.0. The number of nitrogens with one attached hydrogen (secondary N) is 1. The van der Waals surface area contributed by atoms with Crippen molar-refractivity contribution in [3.63, 3.8) is 0 Å². The van der Waals surface area contributed by atoms with Gasteiger partial charge in [-0.05, 0) is 62.3 Å². The zero-order valence-electron chi connectivity index (χ0n) is 23.7. The first-order chi connectivity index (χ1) is 16.5. The minimum Gasteiger partial charge on any atom is -0.481 e. The van der Waals surface area contributed by atoms with Crippen LogP contribution in [0.5, 0.6) is 0 Å². The van der Waals surface area contributed by atoms with E-state index in [0.29, 0.717) is 0 Å². The zero-order valence-corrected chi connectivity index (χ0v) is 23.7. The van der Waals surface area contributed by atoms with Crippen molar-refractivity contribution in [2.75, 3.05) is 0 Å². The van der Waals surface area contributed by atoms with Crippen LogP contribution in [0, 0.1) is 11.8 Å². The molecule has 0 saturated heterocycles. The Balaban J connectivity index is 5.62. The van der Waals surface area contributed by atoms with Gasteiger partial charge in [-0.15, -0.1) is 0 Å². The summed E-state index contributed by atoms with van der Waals surface area (Å²) in [5.41, 5.74) is -2.46. The van der Waals surface area contributed by atoms with Gasteiger partial charge in [0.05, 0.1) is 31.2 Å². The number of ether oxygens (including phenoxy) is 3. The summed E-state index contributed by atoms with van der Waals surface area (Å²) in [7, 11) is 0. The molecule has 0 saturated carbocycles. The van der Waals surface area contributed by atoms with E-state index in [4.69, 9.17) is 14.2 Å². The molecule has 11 nitrogen and oxygen atoms in total. The highest BCUT2D eigenvalue weighted by atomic mass is 16.6. The van der Waals surface area contributed by atoms with E-state index < -0.39 is 89.5 Å². The summed E-state index contributed by atoms with van der Waals surface area (Å²) in [5, 5.41) is 12.0. The van der Waals surface area contributed by atoms with Crippen molar-refractivity contribution in [3.8, 4) is 0 Å². The van der Waals surface area contributed by atoms with Crippen LogP contribution in [0.15, 0.2) is 0 Å². The summed E-state index contributed by atoms with van der Waals surface area (Å²) < 4.78 is 15.6. The van der Waals surface area contributed by atoms with Crippen LogP contribution in [0.25, 0.3) is 0 Å². The molecule has 0 fully saturated rings. The fraction of sp³-hybridized carbons (Fsp3) is 0.769. The molecule has 0 radical (unpaired) electrons. The third kappa shape index (κ3) is 16.4. The minimum atomic E-state index is -1.43. The first-order valence-corrected chi connectivity index (χ1v) is 12.2. The van der Waals surface area contributed by atoms with Crippen LogP contribution in [0.4, 0.5) is 0 Å². The summed E-state index contributed by atoms with van der Waals surface area (Å²) in [6.07, 6.45) is -2.03. The largest absolute Gasteiger partial charge is 0.481 e. The van der Waals surface area contributed by atoms with Crippen molar-refractivity contribution in [1.82, 2.24) is 5.32 Å². The van der Waals surface area contributed by atoms with Crippen molar-refractivity contribution >= 4 is 35.6 Å². The minimum absolute atomic E-state index is 0.271. The number of aliphatic carboxylic acids is 1. The topological polar surface area (TPSA) is 162 Å². The van der Waals surface area contributed by atoms with Gasteiger partial charge in [-0.2, -0.15) is 0 Å². The van der Waals surface area contributed by atoms with Crippen molar-refractivity contribution in [2.45, 2.75) is 118 Å². The number of hydrogen-bond acceptors (Lipinski definition) is 9. The molecule has 0 aliphatic heterocycles. The van der Waals surface area contributed by atoms with E-state index in [-0.39, 0.29) is 6.42 Å².